The Hall–Kier alpha value is 0.240. The first kappa shape index (κ1) is 13.2. The number of hydrogen-bond donors (Lipinski definition) is 0. The molecule has 0 saturated carbocycles. The average Bonchev–Trinajstić information content (AvgIpc) is 2.17. The number of thioether (sulfide) groups is 1. The van der Waals surface area contributed by atoms with E-state index in [-0.39, 0.29) is 0 Å². The summed E-state index contributed by atoms with van der Waals surface area (Å²) in [4.78, 5) is 0. The van der Waals surface area contributed by atoms with Gasteiger partial charge in [-0.15, -0.1) is 11.8 Å². The van der Waals surface area contributed by atoms with Crippen LogP contribution in [0.5, 0.6) is 0 Å². The van der Waals surface area contributed by atoms with Crippen molar-refractivity contribution in [2.24, 2.45) is 0 Å². The molecule has 0 aliphatic heterocycles. The lowest BCUT2D eigenvalue weighted by Gasteiger charge is -2.07. The van der Waals surface area contributed by atoms with Crippen molar-refractivity contribution >= 4 is 19.4 Å². The molecule has 0 aliphatic carbocycles. The highest BCUT2D eigenvalue weighted by Crippen LogP contribution is 2.48. The van der Waals surface area contributed by atoms with Gasteiger partial charge in [-0.25, -0.2) is 0 Å². The lowest BCUT2D eigenvalue weighted by atomic mass is 10.4. The fourth-order valence-corrected chi connectivity index (χ4v) is 2.53. The molecule has 0 aromatic rings. The molecule has 0 fully saturated rings. The summed E-state index contributed by atoms with van der Waals surface area (Å²) in [5.41, 5.74) is 0. The fourth-order valence-electron chi connectivity index (χ4n) is 0.610. The van der Waals surface area contributed by atoms with Crippen LogP contribution in [0.1, 0.15) is 19.8 Å². The molecule has 0 spiro atoms. The summed E-state index contributed by atoms with van der Waals surface area (Å²) in [5.74, 6) is 2.54. The largest absolute Gasteiger partial charge is 0.354 e. The van der Waals surface area contributed by atoms with Gasteiger partial charge in [0.2, 0.25) is 0 Å². The van der Waals surface area contributed by atoms with E-state index in [9.17, 15) is 4.57 Å². The molecule has 5 heteroatoms. The first-order valence-electron chi connectivity index (χ1n) is 4.19. The third kappa shape index (κ3) is 6.33. The minimum absolute atomic E-state index is 1.04. The third-order valence-corrected chi connectivity index (χ3v) is 4.05. The molecule has 0 saturated heterocycles. The molecule has 78 valence electrons. The second-order valence-electron chi connectivity index (χ2n) is 2.41. The maximum absolute atomic E-state index is 11.4. The van der Waals surface area contributed by atoms with E-state index in [1.807, 2.05) is 0 Å². The van der Waals surface area contributed by atoms with E-state index in [2.05, 4.69) is 6.92 Å². The highest BCUT2D eigenvalue weighted by Gasteiger charge is 2.14. The predicted molar refractivity (Wildman–Crippen MR) is 58.1 cm³/mol. The quantitative estimate of drug-likeness (QED) is 0.490. The summed E-state index contributed by atoms with van der Waals surface area (Å²) in [7, 11) is -0.171. The molecule has 3 nitrogen and oxygen atoms in total. The molecule has 0 amide bonds. The van der Waals surface area contributed by atoms with Gasteiger partial charge in [0.1, 0.15) is 0 Å². The van der Waals surface area contributed by atoms with Crippen molar-refractivity contribution in [1.29, 1.82) is 0 Å². The van der Waals surface area contributed by atoms with Crippen LogP contribution >= 0.6 is 19.4 Å². The number of hydrogen-bond acceptors (Lipinski definition) is 4. The van der Waals surface area contributed by atoms with E-state index >= 15 is 0 Å². The fraction of sp³-hybridized carbons (Fsp3) is 0.750. The van der Waals surface area contributed by atoms with Gasteiger partial charge in [0.15, 0.2) is 0 Å². The van der Waals surface area contributed by atoms with E-state index in [0.717, 1.165) is 5.75 Å². The molecule has 0 radical (unpaired) electrons. The topological polar surface area (TPSA) is 35.5 Å². The van der Waals surface area contributed by atoms with E-state index < -0.39 is 7.60 Å². The van der Waals surface area contributed by atoms with E-state index in [1.54, 1.807) is 17.2 Å². The molecule has 0 N–H and O–H groups in total. The summed E-state index contributed by atoms with van der Waals surface area (Å²) in [6.45, 7) is 2.14. The van der Waals surface area contributed by atoms with E-state index in [4.69, 9.17) is 9.05 Å². The third-order valence-electron chi connectivity index (χ3n) is 1.46. The summed E-state index contributed by atoms with van der Waals surface area (Å²) < 4.78 is 20.9. The first-order valence-corrected chi connectivity index (χ1v) is 6.85. The van der Waals surface area contributed by atoms with Gasteiger partial charge >= 0.3 is 7.60 Å². The molecule has 0 aromatic carbocycles. The average molecular weight is 224 g/mol. The molecule has 0 unspecified atom stereocenters. The number of unbranched alkanes of at least 4 members (excludes halogenated alkanes) is 1. The summed E-state index contributed by atoms with van der Waals surface area (Å²) in [6.07, 6.45) is 2.34. The lowest BCUT2D eigenvalue weighted by Crippen LogP contribution is -1.82. The minimum atomic E-state index is -2.93. The summed E-state index contributed by atoms with van der Waals surface area (Å²) >= 11 is 1.62. The first-order chi connectivity index (χ1) is 6.18. The molecular weight excluding hydrogens is 207 g/mol. The molecule has 0 aromatic heterocycles. The van der Waals surface area contributed by atoms with Crippen LogP contribution in [0.2, 0.25) is 0 Å². The second-order valence-corrected chi connectivity index (χ2v) is 5.54. The maximum atomic E-state index is 11.4. The molecule has 0 heterocycles. The maximum Gasteiger partial charge on any atom is 0.354 e. The van der Waals surface area contributed by atoms with Crippen molar-refractivity contribution in [2.75, 3.05) is 20.0 Å². The van der Waals surface area contributed by atoms with Gasteiger partial charge in [-0.05, 0) is 17.6 Å². The molecule has 0 bridgehead atoms. The van der Waals surface area contributed by atoms with Crippen LogP contribution in [0.15, 0.2) is 11.2 Å². The molecule has 0 atom stereocenters. The second kappa shape index (κ2) is 7.63. The van der Waals surface area contributed by atoms with Crippen LogP contribution < -0.4 is 0 Å². The lowest BCUT2D eigenvalue weighted by molar-refractivity contribution is 0.286. The van der Waals surface area contributed by atoms with Crippen LogP contribution in [-0.2, 0) is 13.6 Å². The van der Waals surface area contributed by atoms with Crippen molar-refractivity contribution in [3.8, 4) is 0 Å². The Kier molecular flexibility index (Phi) is 7.77. The van der Waals surface area contributed by atoms with Crippen molar-refractivity contribution in [3.05, 3.63) is 11.2 Å². The zero-order valence-electron chi connectivity index (χ0n) is 8.36. The number of rotatable bonds is 7. The van der Waals surface area contributed by atoms with Gasteiger partial charge in [-0.2, -0.15) is 0 Å². The Labute approximate surface area is 84.4 Å². The van der Waals surface area contributed by atoms with E-state index in [1.165, 1.54) is 32.9 Å². The van der Waals surface area contributed by atoms with Gasteiger partial charge in [0.25, 0.3) is 0 Å². The normalized spacial score (nSPS) is 12.5. The minimum Gasteiger partial charge on any atom is -0.309 e. The monoisotopic (exact) mass is 224 g/mol. The Morgan fingerprint density at radius 2 is 2.00 bits per heavy atom. The zero-order valence-corrected chi connectivity index (χ0v) is 10.1. The van der Waals surface area contributed by atoms with Gasteiger partial charge < -0.3 is 9.05 Å². The van der Waals surface area contributed by atoms with Crippen molar-refractivity contribution < 1.29 is 13.6 Å². The summed E-state index contributed by atoms with van der Waals surface area (Å²) in [6, 6.07) is 0. The molecule has 0 aliphatic rings. The van der Waals surface area contributed by atoms with Crippen LogP contribution in [-0.4, -0.2) is 20.0 Å². The Morgan fingerprint density at radius 1 is 1.38 bits per heavy atom. The van der Waals surface area contributed by atoms with Crippen molar-refractivity contribution in [3.63, 3.8) is 0 Å². The van der Waals surface area contributed by atoms with Crippen molar-refractivity contribution in [1.82, 2.24) is 0 Å². The van der Waals surface area contributed by atoms with Crippen molar-refractivity contribution in [2.45, 2.75) is 19.8 Å². The highest BCUT2D eigenvalue weighted by atomic mass is 32.2. The van der Waals surface area contributed by atoms with Crippen LogP contribution in [0.3, 0.4) is 0 Å². The van der Waals surface area contributed by atoms with Gasteiger partial charge in [0, 0.05) is 20.0 Å². The Bertz CT molecular complexity index is 186. The Morgan fingerprint density at radius 3 is 2.46 bits per heavy atom. The predicted octanol–water partition coefficient (Wildman–Crippen LogP) is 3.48. The van der Waals surface area contributed by atoms with E-state index in [0.29, 0.717) is 0 Å². The Balaban J connectivity index is 3.75. The molecule has 0 rings (SSSR count). The standard InChI is InChI=1S/C8H17O3PS/c1-4-5-7-13-8-6-12(9,10-2)11-3/h6,8H,4-5,7H2,1-3H3/b8-6+. The van der Waals surface area contributed by atoms with Gasteiger partial charge in [-0.3, -0.25) is 4.57 Å². The SMILES string of the molecule is CCCCS/C=C/P(=O)(OC)OC. The van der Waals surface area contributed by atoms with Gasteiger partial charge in [-0.1, -0.05) is 13.3 Å². The zero-order chi connectivity index (χ0) is 10.2. The van der Waals surface area contributed by atoms with Crippen LogP contribution in [0.4, 0.5) is 0 Å². The van der Waals surface area contributed by atoms with Gasteiger partial charge in [0.05, 0.1) is 0 Å². The molecular formula is C8H17O3PS. The van der Waals surface area contributed by atoms with Crippen LogP contribution in [0, 0.1) is 0 Å². The molecule has 13 heavy (non-hydrogen) atoms. The smallest absolute Gasteiger partial charge is 0.309 e. The van der Waals surface area contributed by atoms with Crippen LogP contribution in [0.25, 0.3) is 0 Å². The summed E-state index contributed by atoms with van der Waals surface area (Å²) in [5, 5.41) is 1.78. The highest BCUT2D eigenvalue weighted by molar-refractivity contribution is 8.02.